The molecule has 0 amide bonds. The Morgan fingerprint density at radius 1 is 1.10 bits per heavy atom. The third kappa shape index (κ3) is 1.94. The van der Waals surface area contributed by atoms with E-state index >= 15 is 0 Å². The lowest BCUT2D eigenvalue weighted by atomic mass is 10.0. The van der Waals surface area contributed by atoms with Crippen LogP contribution >= 0.6 is 0 Å². The topological polar surface area (TPSA) is 54.7 Å². The number of nitrogens with one attached hydrogen (secondary N) is 1. The van der Waals surface area contributed by atoms with Crippen LogP contribution in [0.2, 0.25) is 0 Å². The molecule has 0 bridgehead atoms. The van der Waals surface area contributed by atoms with E-state index in [0.29, 0.717) is 22.2 Å². The van der Waals surface area contributed by atoms with Gasteiger partial charge in [0.2, 0.25) is 0 Å². The van der Waals surface area contributed by atoms with E-state index in [1.54, 1.807) is 0 Å². The van der Waals surface area contributed by atoms with Crippen molar-refractivity contribution >= 4 is 10.9 Å². The number of benzene rings is 1. The fourth-order valence-electron chi connectivity index (χ4n) is 2.23. The summed E-state index contributed by atoms with van der Waals surface area (Å²) in [5, 5.41) is 0.344. The molecule has 20 heavy (non-hydrogen) atoms. The first-order chi connectivity index (χ1) is 9.60. The van der Waals surface area contributed by atoms with E-state index in [9.17, 15) is 13.2 Å². The monoisotopic (exact) mass is 277 g/mol. The summed E-state index contributed by atoms with van der Waals surface area (Å²) in [4.78, 5) is 6.71. The largest absolute Gasteiger partial charge is 0.358 e. The Balaban J connectivity index is 2.30. The highest BCUT2D eigenvalue weighted by atomic mass is 19.1. The van der Waals surface area contributed by atoms with Crippen LogP contribution in [0.3, 0.4) is 0 Å². The van der Waals surface area contributed by atoms with Gasteiger partial charge in [-0.15, -0.1) is 0 Å². The van der Waals surface area contributed by atoms with Gasteiger partial charge < -0.3 is 10.7 Å². The van der Waals surface area contributed by atoms with Crippen LogP contribution in [0.5, 0.6) is 0 Å². The minimum Gasteiger partial charge on any atom is -0.358 e. The Morgan fingerprint density at radius 2 is 1.90 bits per heavy atom. The van der Waals surface area contributed by atoms with Crippen molar-refractivity contribution in [2.75, 3.05) is 0 Å². The summed E-state index contributed by atoms with van der Waals surface area (Å²) in [6, 6.07) is 3.26. The van der Waals surface area contributed by atoms with E-state index in [1.165, 1.54) is 18.3 Å². The lowest BCUT2D eigenvalue weighted by Gasteiger charge is -2.06. The average molecular weight is 277 g/mol. The number of aromatic amines is 1. The van der Waals surface area contributed by atoms with Crippen molar-refractivity contribution in [3.63, 3.8) is 0 Å². The predicted octanol–water partition coefficient (Wildman–Crippen LogP) is 3.11. The molecule has 3 rings (SSSR count). The van der Waals surface area contributed by atoms with Gasteiger partial charge in [0, 0.05) is 29.8 Å². The zero-order chi connectivity index (χ0) is 14.3. The minimum absolute atomic E-state index is 0.0740. The van der Waals surface area contributed by atoms with Gasteiger partial charge in [-0.1, -0.05) is 0 Å². The zero-order valence-corrected chi connectivity index (χ0v) is 10.3. The fraction of sp³-hybridized carbons (Fsp3) is 0.0714. The molecule has 6 heteroatoms. The van der Waals surface area contributed by atoms with Crippen LogP contribution in [-0.2, 0) is 6.54 Å². The van der Waals surface area contributed by atoms with Gasteiger partial charge in [-0.25, -0.2) is 13.2 Å². The highest BCUT2D eigenvalue weighted by Gasteiger charge is 2.15. The van der Waals surface area contributed by atoms with Gasteiger partial charge in [0.15, 0.2) is 0 Å². The normalized spacial score (nSPS) is 11.2. The maximum Gasteiger partial charge on any atom is 0.150 e. The molecule has 0 aliphatic heterocycles. The molecule has 3 N–H and O–H groups in total. The highest BCUT2D eigenvalue weighted by Crippen LogP contribution is 2.31. The van der Waals surface area contributed by atoms with Gasteiger partial charge in [0.1, 0.15) is 17.5 Å². The average Bonchev–Trinajstić information content (AvgIpc) is 2.82. The number of fused-ring (bicyclic) bond motifs is 1. The summed E-state index contributed by atoms with van der Waals surface area (Å²) in [7, 11) is 0. The molecule has 0 atom stereocenters. The van der Waals surface area contributed by atoms with Gasteiger partial charge in [0.05, 0.1) is 17.4 Å². The van der Waals surface area contributed by atoms with Crippen LogP contribution in [0.4, 0.5) is 13.2 Å². The van der Waals surface area contributed by atoms with E-state index in [2.05, 4.69) is 9.97 Å². The number of hydrogen-bond donors (Lipinski definition) is 2. The predicted molar refractivity (Wildman–Crippen MR) is 69.3 cm³/mol. The summed E-state index contributed by atoms with van der Waals surface area (Å²) >= 11 is 0. The van der Waals surface area contributed by atoms with Gasteiger partial charge in [-0.2, -0.15) is 0 Å². The molecule has 102 valence electrons. The van der Waals surface area contributed by atoms with E-state index in [1.807, 2.05) is 0 Å². The van der Waals surface area contributed by atoms with Gasteiger partial charge in [-0.05, 0) is 17.7 Å². The molecule has 0 fully saturated rings. The molecule has 0 radical (unpaired) electrons. The van der Waals surface area contributed by atoms with Crippen molar-refractivity contribution < 1.29 is 13.2 Å². The number of H-pyrrole nitrogens is 1. The van der Waals surface area contributed by atoms with Crippen molar-refractivity contribution in [3.05, 3.63) is 53.6 Å². The lowest BCUT2D eigenvalue weighted by molar-refractivity contribution is 0.591. The standard InChI is InChI=1S/C14H10F3N3/c15-8-2-10-11(6-20-14(10)12(17)3-8)13-7(4-18)1-9(16)5-19-13/h1-3,5-6,20H,4,18H2. The Labute approximate surface area is 112 Å². The van der Waals surface area contributed by atoms with Crippen molar-refractivity contribution in [2.24, 2.45) is 5.73 Å². The summed E-state index contributed by atoms with van der Waals surface area (Å²) in [5.74, 6) is -1.89. The number of nitrogens with two attached hydrogens (primary N) is 1. The van der Waals surface area contributed by atoms with Crippen molar-refractivity contribution in [3.8, 4) is 11.3 Å². The molecular weight excluding hydrogens is 267 g/mol. The van der Waals surface area contributed by atoms with Crippen molar-refractivity contribution in [1.82, 2.24) is 9.97 Å². The number of hydrogen-bond acceptors (Lipinski definition) is 2. The molecule has 0 saturated heterocycles. The first-order valence-corrected chi connectivity index (χ1v) is 5.91. The minimum atomic E-state index is -0.692. The van der Waals surface area contributed by atoms with E-state index < -0.39 is 17.5 Å². The molecule has 0 spiro atoms. The zero-order valence-electron chi connectivity index (χ0n) is 10.3. The second-order valence-electron chi connectivity index (χ2n) is 4.38. The quantitative estimate of drug-likeness (QED) is 0.756. The first-order valence-electron chi connectivity index (χ1n) is 5.91. The van der Waals surface area contributed by atoms with E-state index in [-0.39, 0.29) is 12.1 Å². The Hall–Kier alpha value is -2.34. The lowest BCUT2D eigenvalue weighted by Crippen LogP contribution is -2.01. The number of aromatic nitrogens is 2. The number of rotatable bonds is 2. The van der Waals surface area contributed by atoms with Crippen LogP contribution in [0.25, 0.3) is 22.2 Å². The van der Waals surface area contributed by atoms with Crippen LogP contribution < -0.4 is 5.73 Å². The van der Waals surface area contributed by atoms with Crippen LogP contribution in [-0.4, -0.2) is 9.97 Å². The third-order valence-electron chi connectivity index (χ3n) is 3.11. The number of halogens is 3. The third-order valence-corrected chi connectivity index (χ3v) is 3.11. The van der Waals surface area contributed by atoms with Crippen molar-refractivity contribution in [1.29, 1.82) is 0 Å². The molecule has 1 aromatic carbocycles. The van der Waals surface area contributed by atoms with Crippen LogP contribution in [0.1, 0.15) is 5.56 Å². The molecule has 0 unspecified atom stereocenters. The van der Waals surface area contributed by atoms with Crippen LogP contribution in [0.15, 0.2) is 30.6 Å². The Bertz CT molecular complexity index is 796. The fourth-order valence-corrected chi connectivity index (χ4v) is 2.23. The van der Waals surface area contributed by atoms with E-state index in [4.69, 9.17) is 5.73 Å². The molecule has 3 aromatic rings. The summed E-state index contributed by atoms with van der Waals surface area (Å²) in [5.41, 5.74) is 7.10. The molecule has 2 heterocycles. The Kier molecular flexibility index (Phi) is 2.94. The van der Waals surface area contributed by atoms with Gasteiger partial charge in [0.25, 0.3) is 0 Å². The molecule has 3 nitrogen and oxygen atoms in total. The number of nitrogens with zero attached hydrogens (tertiary/aromatic N) is 1. The molecular formula is C14H10F3N3. The molecule has 2 aromatic heterocycles. The maximum atomic E-state index is 13.6. The van der Waals surface area contributed by atoms with Gasteiger partial charge >= 0.3 is 0 Å². The first kappa shape index (κ1) is 12.7. The van der Waals surface area contributed by atoms with Gasteiger partial charge in [-0.3, -0.25) is 4.98 Å². The summed E-state index contributed by atoms with van der Waals surface area (Å²) in [6.45, 7) is 0.0740. The smallest absolute Gasteiger partial charge is 0.150 e. The van der Waals surface area contributed by atoms with Crippen LogP contribution in [0, 0.1) is 17.5 Å². The van der Waals surface area contributed by atoms with E-state index in [0.717, 1.165) is 12.3 Å². The highest BCUT2D eigenvalue weighted by molar-refractivity contribution is 5.95. The second kappa shape index (κ2) is 4.64. The molecule has 0 aliphatic carbocycles. The summed E-state index contributed by atoms with van der Waals surface area (Å²) in [6.07, 6.45) is 2.55. The molecule has 0 aliphatic rings. The maximum absolute atomic E-state index is 13.6. The number of pyridine rings is 1. The SMILES string of the molecule is NCc1cc(F)cnc1-c1c[nH]c2c(F)cc(F)cc12. The second-order valence-corrected chi connectivity index (χ2v) is 4.38. The summed E-state index contributed by atoms with van der Waals surface area (Å²) < 4.78 is 40.2. The van der Waals surface area contributed by atoms with Crippen molar-refractivity contribution in [2.45, 2.75) is 6.54 Å². The molecule has 0 saturated carbocycles. The Morgan fingerprint density at radius 3 is 2.65 bits per heavy atom.